The molecule has 0 radical (unpaired) electrons. The Hall–Kier alpha value is -0.930. The average molecular weight is 308 g/mol. The van der Waals surface area contributed by atoms with Gasteiger partial charge in [-0.2, -0.15) is 5.10 Å². The van der Waals surface area contributed by atoms with E-state index in [1.54, 1.807) is 27.2 Å². The molecule has 7 nitrogen and oxygen atoms in total. The Bertz CT molecular complexity index is 580. The van der Waals surface area contributed by atoms with Crippen molar-refractivity contribution in [2.45, 2.75) is 31.2 Å². The van der Waals surface area contributed by atoms with Gasteiger partial charge in [-0.05, 0) is 20.3 Å². The molecule has 19 heavy (non-hydrogen) atoms. The minimum atomic E-state index is -3.71. The smallest absolute Gasteiger partial charge is 0.246 e. The molecule has 2 atom stereocenters. The summed E-state index contributed by atoms with van der Waals surface area (Å²) in [5.74, 6) is 0.435. The fraction of sp³-hybridized carbons (Fsp3) is 0.700. The van der Waals surface area contributed by atoms with Crippen LogP contribution >= 0.6 is 0 Å². The van der Waals surface area contributed by atoms with Crippen LogP contribution in [-0.4, -0.2) is 40.5 Å². The van der Waals surface area contributed by atoms with Gasteiger partial charge in [0.2, 0.25) is 10.0 Å². The van der Waals surface area contributed by atoms with Crippen LogP contribution in [0.2, 0.25) is 0 Å². The second-order valence-electron chi connectivity index (χ2n) is 4.51. The van der Waals surface area contributed by atoms with Crippen molar-refractivity contribution in [1.29, 1.82) is 0 Å². The largest absolute Gasteiger partial charge is 0.381 e. The van der Waals surface area contributed by atoms with E-state index in [1.807, 2.05) is 0 Å². The maximum atomic E-state index is 12.2. The van der Waals surface area contributed by atoms with E-state index in [9.17, 15) is 12.6 Å². The van der Waals surface area contributed by atoms with Crippen molar-refractivity contribution < 1.29 is 12.6 Å². The van der Waals surface area contributed by atoms with E-state index in [0.29, 0.717) is 17.9 Å². The van der Waals surface area contributed by atoms with Crippen molar-refractivity contribution in [3.63, 3.8) is 0 Å². The van der Waals surface area contributed by atoms with Gasteiger partial charge in [0.25, 0.3) is 0 Å². The number of nitrogens with two attached hydrogens (primary N) is 1. The first-order valence-corrected chi connectivity index (χ1v) is 8.97. The zero-order valence-electron chi connectivity index (χ0n) is 11.5. The maximum absolute atomic E-state index is 12.2. The summed E-state index contributed by atoms with van der Waals surface area (Å²) in [6, 6.07) is -0.312. The monoisotopic (exact) mass is 308 g/mol. The lowest BCUT2D eigenvalue weighted by atomic mass is 10.3. The van der Waals surface area contributed by atoms with Gasteiger partial charge in [0, 0.05) is 35.9 Å². The normalized spacial score (nSPS) is 15.4. The first-order valence-electron chi connectivity index (χ1n) is 5.76. The molecule has 0 aliphatic carbocycles. The first-order chi connectivity index (χ1) is 8.65. The van der Waals surface area contributed by atoms with Crippen molar-refractivity contribution in [1.82, 2.24) is 14.5 Å². The van der Waals surface area contributed by atoms with Crippen LogP contribution in [-0.2, 0) is 27.9 Å². The quantitative estimate of drug-likeness (QED) is 0.753. The number of rotatable bonds is 6. The molecule has 0 saturated carbocycles. The molecular weight excluding hydrogens is 288 g/mol. The summed E-state index contributed by atoms with van der Waals surface area (Å²) < 4.78 is 39.4. The van der Waals surface area contributed by atoms with E-state index in [4.69, 9.17) is 5.73 Å². The highest BCUT2D eigenvalue weighted by atomic mass is 32.2. The highest BCUT2D eigenvalue weighted by molar-refractivity contribution is 7.89. The molecule has 0 saturated heterocycles. The van der Waals surface area contributed by atoms with Gasteiger partial charge in [0.1, 0.15) is 4.90 Å². The second-order valence-corrected chi connectivity index (χ2v) is 7.72. The topological polar surface area (TPSA) is 107 Å². The molecule has 0 bridgehead atoms. The van der Waals surface area contributed by atoms with Gasteiger partial charge in [-0.1, -0.05) is 0 Å². The van der Waals surface area contributed by atoms with E-state index in [0.717, 1.165) is 0 Å². The van der Waals surface area contributed by atoms with Crippen LogP contribution < -0.4 is 10.5 Å². The van der Waals surface area contributed by atoms with Crippen LogP contribution in [0.4, 0.5) is 5.82 Å². The van der Waals surface area contributed by atoms with Gasteiger partial charge >= 0.3 is 0 Å². The Morgan fingerprint density at radius 1 is 1.53 bits per heavy atom. The fourth-order valence-electron chi connectivity index (χ4n) is 1.67. The number of aryl methyl sites for hydroxylation is 1. The third-order valence-electron chi connectivity index (χ3n) is 2.77. The molecule has 2 unspecified atom stereocenters. The molecular formula is C10H20N4O3S2. The second kappa shape index (κ2) is 6.02. The SMILES string of the molecule is Cc1c(S(=O)(=O)NC(C)CCS(C)=O)c(N)nn1C. The van der Waals surface area contributed by atoms with Crippen LogP contribution in [0, 0.1) is 6.92 Å². The van der Waals surface area contributed by atoms with E-state index < -0.39 is 20.8 Å². The molecule has 1 aromatic rings. The van der Waals surface area contributed by atoms with Gasteiger partial charge in [-0.3, -0.25) is 8.89 Å². The van der Waals surface area contributed by atoms with Crippen LogP contribution in [0.15, 0.2) is 4.90 Å². The number of nitrogens with one attached hydrogen (secondary N) is 1. The highest BCUT2D eigenvalue weighted by Gasteiger charge is 2.26. The first kappa shape index (κ1) is 16.1. The van der Waals surface area contributed by atoms with Crippen LogP contribution in [0.5, 0.6) is 0 Å². The molecule has 0 aromatic carbocycles. The molecule has 1 aromatic heterocycles. The Balaban J connectivity index is 2.90. The number of sulfonamides is 1. The summed E-state index contributed by atoms with van der Waals surface area (Å²) in [5, 5.41) is 3.89. The zero-order chi connectivity index (χ0) is 14.8. The Kier molecular flexibility index (Phi) is 5.11. The third-order valence-corrected chi connectivity index (χ3v) is 5.33. The van der Waals surface area contributed by atoms with E-state index >= 15 is 0 Å². The van der Waals surface area contributed by atoms with Crippen LogP contribution in [0.3, 0.4) is 0 Å². The number of nitrogen functional groups attached to an aromatic ring is 1. The van der Waals surface area contributed by atoms with Crippen LogP contribution in [0.25, 0.3) is 0 Å². The van der Waals surface area contributed by atoms with E-state index in [2.05, 4.69) is 9.82 Å². The standard InChI is InChI=1S/C10H20N4O3S2/c1-7(5-6-18(4)15)13-19(16,17)9-8(2)14(3)12-10(9)11/h7,13H,5-6H2,1-4H3,(H2,11,12). The van der Waals surface area contributed by atoms with E-state index in [1.165, 1.54) is 4.68 Å². The summed E-state index contributed by atoms with van der Waals surface area (Å²) in [7, 11) is -3.01. The average Bonchev–Trinajstić information content (AvgIpc) is 2.49. The van der Waals surface area contributed by atoms with Gasteiger partial charge in [0.15, 0.2) is 5.82 Å². The fourth-order valence-corrected chi connectivity index (χ4v) is 3.96. The lowest BCUT2D eigenvalue weighted by Gasteiger charge is -2.13. The van der Waals surface area contributed by atoms with Crippen molar-refractivity contribution in [3.8, 4) is 0 Å². The summed E-state index contributed by atoms with van der Waals surface area (Å²) >= 11 is 0. The summed E-state index contributed by atoms with van der Waals surface area (Å²) in [6.07, 6.45) is 2.09. The van der Waals surface area contributed by atoms with Crippen molar-refractivity contribution in [2.24, 2.45) is 7.05 Å². The minimum Gasteiger partial charge on any atom is -0.381 e. The van der Waals surface area contributed by atoms with Crippen molar-refractivity contribution in [2.75, 3.05) is 17.7 Å². The summed E-state index contributed by atoms with van der Waals surface area (Å²) in [5.41, 5.74) is 6.11. The van der Waals surface area contributed by atoms with Gasteiger partial charge in [0.05, 0.1) is 5.69 Å². The minimum absolute atomic E-state index is 0.0134. The van der Waals surface area contributed by atoms with Gasteiger partial charge < -0.3 is 5.73 Å². The Labute approximate surface area is 116 Å². The van der Waals surface area contributed by atoms with Crippen LogP contribution in [0.1, 0.15) is 19.0 Å². The Morgan fingerprint density at radius 2 is 2.11 bits per heavy atom. The lowest BCUT2D eigenvalue weighted by Crippen LogP contribution is -2.34. The number of nitrogens with zero attached hydrogens (tertiary/aromatic N) is 2. The molecule has 3 N–H and O–H groups in total. The summed E-state index contributed by atoms with van der Waals surface area (Å²) in [6.45, 7) is 3.37. The molecule has 1 heterocycles. The van der Waals surface area contributed by atoms with Crippen molar-refractivity contribution in [3.05, 3.63) is 5.69 Å². The highest BCUT2D eigenvalue weighted by Crippen LogP contribution is 2.21. The van der Waals surface area contributed by atoms with Gasteiger partial charge in [-0.25, -0.2) is 13.1 Å². The molecule has 0 aliphatic rings. The lowest BCUT2D eigenvalue weighted by molar-refractivity contribution is 0.555. The molecule has 110 valence electrons. The number of anilines is 1. The number of hydrogen-bond donors (Lipinski definition) is 2. The van der Waals surface area contributed by atoms with Gasteiger partial charge in [-0.15, -0.1) is 0 Å². The number of aromatic nitrogens is 2. The molecule has 9 heteroatoms. The van der Waals surface area contributed by atoms with Crippen molar-refractivity contribution >= 4 is 26.6 Å². The van der Waals surface area contributed by atoms with E-state index in [-0.39, 0.29) is 16.8 Å². The Morgan fingerprint density at radius 3 is 2.53 bits per heavy atom. The summed E-state index contributed by atoms with van der Waals surface area (Å²) in [4.78, 5) is 0.0134. The molecule has 0 amide bonds. The maximum Gasteiger partial charge on any atom is 0.246 e. The molecule has 0 aliphatic heterocycles. The number of hydrogen-bond acceptors (Lipinski definition) is 5. The zero-order valence-corrected chi connectivity index (χ0v) is 13.1. The molecule has 0 spiro atoms. The third kappa shape index (κ3) is 4.02. The molecule has 1 rings (SSSR count). The predicted molar refractivity (Wildman–Crippen MR) is 75.7 cm³/mol. The predicted octanol–water partition coefficient (Wildman–Crippen LogP) is -0.254. The molecule has 0 fully saturated rings.